The number of unbranched alkanes of at least 4 members (excludes halogenated alkanes) is 2. The topological polar surface area (TPSA) is 270 Å². The normalized spacial score (nSPS) is 20.1. The van der Waals surface area contributed by atoms with Gasteiger partial charge >= 0.3 is 6.09 Å². The Kier molecular flexibility index (Phi) is 25.7. The van der Waals surface area contributed by atoms with Gasteiger partial charge in [-0.2, -0.15) is 0 Å². The fourth-order valence-corrected chi connectivity index (χ4v) is 11.9. The summed E-state index contributed by atoms with van der Waals surface area (Å²) in [4.78, 5) is 128. The number of carbonyl (C=O) groups excluding carboxylic acids is 8. The van der Waals surface area contributed by atoms with Crippen LogP contribution in [0.25, 0.3) is 10.9 Å². The first kappa shape index (κ1) is 65.9. The van der Waals surface area contributed by atoms with E-state index in [9.17, 15) is 29.4 Å². The van der Waals surface area contributed by atoms with E-state index >= 15 is 19.2 Å². The van der Waals surface area contributed by atoms with Crippen LogP contribution < -0.4 is 21.3 Å². The summed E-state index contributed by atoms with van der Waals surface area (Å²) < 4.78 is 5.37. The number of aliphatic hydroxyl groups excluding tert-OH is 1. The first-order valence-electron chi connectivity index (χ1n) is 28.8. The van der Waals surface area contributed by atoms with Gasteiger partial charge in [-0.1, -0.05) is 98.3 Å². The van der Waals surface area contributed by atoms with Gasteiger partial charge in [-0.25, -0.2) is 9.78 Å². The quantitative estimate of drug-likeness (QED) is 0.0188. The molecule has 0 saturated carbocycles. The predicted octanol–water partition coefficient (Wildman–Crippen LogP) is 7.67. The van der Waals surface area contributed by atoms with Gasteiger partial charge in [-0.3, -0.25) is 33.6 Å². The standard InChI is InChI=1S/C63H82N8O11S2/c1-7-8-32-71(39-83-40-84-55-23-15-17-30-64-55)56(76)29-28-52-54(75)37-45(33-43-24-26-47(73)27-25-43)59(78)67-50(35-46-38-66-49-22-13-12-21-48(46)49)53(74)36-44(20-14-16-31-65-62(81)82-63(3,4)5)58(77)69-57(41(2)72)60(79)68-51(61(80)70(52)6)34-42-18-10-9-11-19-42/h9-13,15,17-19,21-27,30,38,41,44-45,50-52,57,66,72-73H,7-8,14,16,20,28-29,31-37,39-40H2,1-6H3,(H,65,81)(H,67,78)(H,68,79)(H,69,77)/t41-,44-,45-,50-,51+,52+,57+/m1/s1. The minimum Gasteiger partial charge on any atom is -0.508 e. The van der Waals surface area contributed by atoms with Gasteiger partial charge in [0.25, 0.3) is 0 Å². The van der Waals surface area contributed by atoms with Crippen LogP contribution in [-0.4, -0.2) is 144 Å². The second-order valence-corrected chi connectivity index (χ2v) is 24.7. The van der Waals surface area contributed by atoms with Crippen molar-refractivity contribution in [2.24, 2.45) is 11.8 Å². The number of nitrogens with one attached hydrogen (secondary N) is 5. The number of nitrogens with zero attached hydrogens (tertiary/aromatic N) is 3. The Morgan fingerprint density at radius 3 is 2.17 bits per heavy atom. The fourth-order valence-electron chi connectivity index (χ4n) is 10.0. The molecule has 1 aliphatic rings. The summed E-state index contributed by atoms with van der Waals surface area (Å²) in [5, 5.41) is 34.9. The highest BCUT2D eigenvalue weighted by Crippen LogP contribution is 2.27. The largest absolute Gasteiger partial charge is 0.508 e. The van der Waals surface area contributed by atoms with E-state index in [2.05, 4.69) is 31.2 Å². The number of thioether (sulfide) groups is 2. The second-order valence-electron chi connectivity index (χ2n) is 22.4. The molecule has 19 nitrogen and oxygen atoms in total. The van der Waals surface area contributed by atoms with Crippen LogP contribution in [0.15, 0.2) is 114 Å². The number of aromatic hydroxyl groups is 1. The molecule has 0 unspecified atom stereocenters. The molecule has 6 amide bonds. The number of ketones is 2. The predicted molar refractivity (Wildman–Crippen MR) is 326 cm³/mol. The number of aromatic amines is 1. The molecule has 452 valence electrons. The Hall–Kier alpha value is -7.23. The van der Waals surface area contributed by atoms with Gasteiger partial charge in [-0.05, 0) is 107 Å². The zero-order valence-corrected chi connectivity index (χ0v) is 50.6. The zero-order chi connectivity index (χ0) is 60.8. The van der Waals surface area contributed by atoms with Crippen LogP contribution in [0.2, 0.25) is 0 Å². The van der Waals surface area contributed by atoms with Crippen LogP contribution in [0.4, 0.5) is 4.79 Å². The lowest BCUT2D eigenvalue weighted by Gasteiger charge is -2.33. The third kappa shape index (κ3) is 20.8. The number of amides is 6. The van der Waals surface area contributed by atoms with Crippen LogP contribution >= 0.6 is 23.5 Å². The highest BCUT2D eigenvalue weighted by molar-refractivity contribution is 8.15. The van der Waals surface area contributed by atoms with Crippen molar-refractivity contribution in [2.75, 3.05) is 31.1 Å². The molecule has 1 fully saturated rings. The molecule has 1 saturated heterocycles. The maximum absolute atomic E-state index is 15.4. The van der Waals surface area contributed by atoms with Crippen molar-refractivity contribution in [3.8, 4) is 5.75 Å². The molecule has 0 spiro atoms. The Labute approximate surface area is 501 Å². The number of aromatic nitrogens is 2. The van der Waals surface area contributed by atoms with Crippen LogP contribution in [0.3, 0.4) is 0 Å². The van der Waals surface area contributed by atoms with Crippen molar-refractivity contribution in [3.63, 3.8) is 0 Å². The SMILES string of the molecule is CCCCN(CSCSc1ccccn1)C(=O)CC[C@H]1C(=O)C[C@@H](Cc2ccc(O)cc2)C(=O)N[C@H](Cc2c[nH]c3ccccc23)C(=O)C[C@@H](CCCCNC(=O)OC(C)(C)C)C(=O)N[C@@H]([C@@H](C)O)C(=O)N[C@@H](Cc2ccccc2)C(=O)N1C. The summed E-state index contributed by atoms with van der Waals surface area (Å²) in [7, 11) is 1.42. The van der Waals surface area contributed by atoms with Gasteiger partial charge in [0.15, 0.2) is 11.6 Å². The minimum absolute atomic E-state index is 0.0219. The summed E-state index contributed by atoms with van der Waals surface area (Å²) in [6.07, 6.45) is 2.30. The number of alkyl carbamates (subject to hydrolysis) is 1. The number of H-pyrrole nitrogens is 1. The summed E-state index contributed by atoms with van der Waals surface area (Å²) in [5.74, 6) is -6.30. The smallest absolute Gasteiger partial charge is 0.407 e. The van der Waals surface area contributed by atoms with Crippen LogP contribution in [0.1, 0.15) is 109 Å². The monoisotopic (exact) mass is 1190 g/mol. The van der Waals surface area contributed by atoms with E-state index in [1.54, 1.807) is 104 Å². The average molecular weight is 1190 g/mol. The van der Waals surface area contributed by atoms with Gasteiger partial charge in [0, 0.05) is 92.5 Å². The average Bonchev–Trinajstić information content (AvgIpc) is 4.04. The molecule has 21 heteroatoms. The molecule has 2 aromatic heterocycles. The first-order chi connectivity index (χ1) is 40.2. The molecule has 7 N–H and O–H groups in total. The molecule has 6 rings (SSSR count). The van der Waals surface area contributed by atoms with E-state index in [0.29, 0.717) is 47.0 Å². The molecule has 0 aliphatic carbocycles. The molecule has 1 aliphatic heterocycles. The zero-order valence-electron chi connectivity index (χ0n) is 49.0. The molecule has 0 radical (unpaired) electrons. The van der Waals surface area contributed by atoms with Crippen molar-refractivity contribution in [2.45, 2.75) is 153 Å². The molecule has 84 heavy (non-hydrogen) atoms. The Bertz CT molecular complexity index is 2980. The highest BCUT2D eigenvalue weighted by atomic mass is 32.2. The highest BCUT2D eigenvalue weighted by Gasteiger charge is 2.39. The van der Waals surface area contributed by atoms with Gasteiger partial charge in [0.1, 0.15) is 23.4 Å². The van der Waals surface area contributed by atoms with E-state index in [-0.39, 0.29) is 56.7 Å². The fraction of sp³-hybridized carbons (Fsp3) is 0.476. The van der Waals surface area contributed by atoms with Crippen molar-refractivity contribution in [1.82, 2.24) is 41.0 Å². The Morgan fingerprint density at radius 1 is 0.786 bits per heavy atom. The van der Waals surface area contributed by atoms with Crippen LogP contribution in [0.5, 0.6) is 5.75 Å². The van der Waals surface area contributed by atoms with E-state index < -0.39 is 102 Å². The van der Waals surface area contributed by atoms with Crippen molar-refractivity contribution >= 4 is 81.6 Å². The van der Waals surface area contributed by atoms with Crippen molar-refractivity contribution < 1.29 is 53.3 Å². The molecule has 3 heterocycles. The number of Topliss-reactive ketones (excluding diaryl/α,β-unsaturated/α-hetero) is 2. The summed E-state index contributed by atoms with van der Waals surface area (Å²) >= 11 is 3.09. The number of pyridine rings is 1. The number of ether oxygens (including phenoxy) is 1. The maximum atomic E-state index is 15.4. The van der Waals surface area contributed by atoms with E-state index in [1.807, 2.05) is 49.4 Å². The van der Waals surface area contributed by atoms with Crippen molar-refractivity contribution in [1.29, 1.82) is 0 Å². The molecular weight excluding hydrogens is 1110 g/mol. The summed E-state index contributed by atoms with van der Waals surface area (Å²) in [5.41, 5.74) is 1.96. The number of aliphatic hydroxyl groups is 1. The minimum atomic E-state index is -1.63. The Balaban J connectivity index is 1.40. The number of benzene rings is 3. The van der Waals surface area contributed by atoms with Crippen LogP contribution in [-0.2, 0) is 57.6 Å². The molecule has 3 aromatic carbocycles. The number of likely N-dealkylation sites (N-methyl/N-ethyl adjacent to an activating group) is 1. The number of hydrogen-bond donors (Lipinski definition) is 7. The van der Waals surface area contributed by atoms with Gasteiger partial charge < -0.3 is 51.0 Å². The molecular formula is C63H82N8O11S2. The molecule has 5 aromatic rings. The lowest BCUT2D eigenvalue weighted by atomic mass is 9.87. The molecule has 0 bridgehead atoms. The number of carbonyl (C=O) groups is 8. The lowest BCUT2D eigenvalue weighted by Crippen LogP contribution is -2.59. The summed E-state index contributed by atoms with van der Waals surface area (Å²) in [6, 6.07) is 22.5. The van der Waals surface area contributed by atoms with E-state index in [0.717, 1.165) is 28.8 Å². The number of fused-ring (bicyclic) bond motifs is 1. The maximum Gasteiger partial charge on any atom is 0.407 e. The van der Waals surface area contributed by atoms with Gasteiger partial charge in [0.05, 0.1) is 29.1 Å². The lowest BCUT2D eigenvalue weighted by molar-refractivity contribution is -0.144. The van der Waals surface area contributed by atoms with Gasteiger partial charge in [0.2, 0.25) is 29.5 Å². The Morgan fingerprint density at radius 2 is 1.46 bits per heavy atom. The molecule has 7 atom stereocenters. The van der Waals surface area contributed by atoms with Crippen molar-refractivity contribution in [3.05, 3.63) is 126 Å². The summed E-state index contributed by atoms with van der Waals surface area (Å²) in [6.45, 7) is 9.20. The van der Waals surface area contributed by atoms with E-state index in [1.165, 1.54) is 31.0 Å². The number of para-hydroxylation sites is 1. The van der Waals surface area contributed by atoms with Crippen LogP contribution in [0, 0.1) is 11.8 Å². The number of rotatable bonds is 23. The third-order valence-corrected chi connectivity index (χ3v) is 16.8. The number of phenols is 1. The number of hydrogen-bond acceptors (Lipinski definition) is 14. The van der Waals surface area contributed by atoms with E-state index in [4.69, 9.17) is 4.74 Å². The van der Waals surface area contributed by atoms with Gasteiger partial charge in [-0.15, -0.1) is 11.8 Å². The first-order valence-corrected chi connectivity index (χ1v) is 31.0. The number of phenolic OH excluding ortho intramolecular Hbond substituents is 1. The third-order valence-electron chi connectivity index (χ3n) is 14.6. The second kappa shape index (κ2) is 32.7.